The Balaban J connectivity index is 1.67. The molecule has 0 N–H and O–H groups in total. The summed E-state index contributed by atoms with van der Waals surface area (Å²) in [4.78, 5) is 0. The number of rotatable bonds is 5. The van der Waals surface area contributed by atoms with Crippen LogP contribution in [0.1, 0.15) is 113 Å². The van der Waals surface area contributed by atoms with Crippen molar-refractivity contribution in [1.29, 1.82) is 0 Å². The van der Waals surface area contributed by atoms with Gasteiger partial charge in [-0.15, -0.1) is 0 Å². The summed E-state index contributed by atoms with van der Waals surface area (Å²) in [5.41, 5.74) is 5.93. The Hall–Kier alpha value is -0.780. The standard InChI is InChI=1S/C30H50/c1-21(11-9-17-29(5,6)7)27-15-16-28-26(12-10-18-30(27,28)8)14-13-25-19-22(2)24(4)23(3)20-25/h13-14,21-23,27-28H,4,9-12,15-20H2,1-3,5-8H3/b25-13?,26-14+. The predicted molar refractivity (Wildman–Crippen MR) is 134 cm³/mol. The smallest absolute Gasteiger partial charge is 0.0143 e. The van der Waals surface area contributed by atoms with Crippen molar-refractivity contribution in [1.82, 2.24) is 0 Å². The lowest BCUT2D eigenvalue weighted by atomic mass is 9.60. The van der Waals surface area contributed by atoms with Gasteiger partial charge in [-0.3, -0.25) is 0 Å². The van der Waals surface area contributed by atoms with Gasteiger partial charge in [-0.25, -0.2) is 0 Å². The van der Waals surface area contributed by atoms with Crippen LogP contribution in [0.4, 0.5) is 0 Å². The van der Waals surface area contributed by atoms with Gasteiger partial charge in [0.05, 0.1) is 0 Å². The Labute approximate surface area is 188 Å². The largest absolute Gasteiger partial charge is 0.0993 e. The Morgan fingerprint density at radius 3 is 2.40 bits per heavy atom. The van der Waals surface area contributed by atoms with Crippen molar-refractivity contribution >= 4 is 0 Å². The topological polar surface area (TPSA) is 0 Å². The summed E-state index contributed by atoms with van der Waals surface area (Å²) in [7, 11) is 0. The third kappa shape index (κ3) is 5.34. The molecule has 3 fully saturated rings. The first-order valence-corrected chi connectivity index (χ1v) is 13.1. The Morgan fingerprint density at radius 2 is 1.77 bits per heavy atom. The summed E-state index contributed by atoms with van der Waals surface area (Å²) >= 11 is 0. The van der Waals surface area contributed by atoms with Crippen molar-refractivity contribution < 1.29 is 0 Å². The van der Waals surface area contributed by atoms with Crippen LogP contribution in [0.2, 0.25) is 0 Å². The van der Waals surface area contributed by atoms with Crippen molar-refractivity contribution in [3.05, 3.63) is 35.5 Å². The fourth-order valence-electron chi connectivity index (χ4n) is 7.35. The highest BCUT2D eigenvalue weighted by Gasteiger charge is 2.50. The lowest BCUT2D eigenvalue weighted by molar-refractivity contribution is 0.0920. The molecule has 0 saturated heterocycles. The van der Waals surface area contributed by atoms with E-state index in [1.54, 1.807) is 11.1 Å². The van der Waals surface area contributed by atoms with Gasteiger partial charge in [0.2, 0.25) is 0 Å². The summed E-state index contributed by atoms with van der Waals surface area (Å²) in [6.45, 7) is 21.4. The first kappa shape index (κ1) is 23.9. The van der Waals surface area contributed by atoms with E-state index in [4.69, 9.17) is 0 Å². The lowest BCUT2D eigenvalue weighted by Gasteiger charge is -2.44. The second-order valence-electron chi connectivity index (χ2n) is 12.9. The predicted octanol–water partition coefficient (Wildman–Crippen LogP) is 9.53. The van der Waals surface area contributed by atoms with E-state index in [2.05, 4.69) is 67.2 Å². The Kier molecular flexibility index (Phi) is 7.46. The van der Waals surface area contributed by atoms with Crippen molar-refractivity contribution in [3.8, 4) is 0 Å². The second kappa shape index (κ2) is 9.38. The van der Waals surface area contributed by atoms with E-state index in [0.717, 1.165) is 17.8 Å². The van der Waals surface area contributed by atoms with E-state index in [-0.39, 0.29) is 0 Å². The van der Waals surface area contributed by atoms with Gasteiger partial charge in [0.1, 0.15) is 0 Å². The lowest BCUT2D eigenvalue weighted by Crippen LogP contribution is -2.36. The molecule has 0 nitrogen and oxygen atoms in total. The van der Waals surface area contributed by atoms with Gasteiger partial charge < -0.3 is 0 Å². The van der Waals surface area contributed by atoms with E-state index < -0.39 is 0 Å². The molecule has 3 rings (SSSR count). The molecule has 0 amide bonds. The molecule has 0 aromatic heterocycles. The van der Waals surface area contributed by atoms with Crippen LogP contribution in [0.3, 0.4) is 0 Å². The minimum absolute atomic E-state index is 0.483. The molecule has 0 spiro atoms. The molecule has 3 aliphatic rings. The van der Waals surface area contributed by atoms with Gasteiger partial charge in [-0.05, 0) is 91.8 Å². The van der Waals surface area contributed by atoms with Crippen molar-refractivity contribution in [2.24, 2.45) is 40.4 Å². The normalized spacial score (nSPS) is 37.4. The van der Waals surface area contributed by atoms with Crippen LogP contribution in [0.15, 0.2) is 35.5 Å². The molecule has 0 bridgehead atoms. The SMILES string of the molecule is C=C1C(C)CC(=C/C=C2\CCCC3(C)C2CCC3C(C)CCCC(C)(C)C)CC1C. The average Bonchev–Trinajstić information content (AvgIpc) is 3.00. The minimum atomic E-state index is 0.483. The molecule has 0 heterocycles. The van der Waals surface area contributed by atoms with Gasteiger partial charge in [0, 0.05) is 0 Å². The molecule has 3 aliphatic carbocycles. The third-order valence-electron chi connectivity index (χ3n) is 9.25. The van der Waals surface area contributed by atoms with Crippen molar-refractivity contribution in [3.63, 3.8) is 0 Å². The van der Waals surface area contributed by atoms with Crippen LogP contribution in [0.25, 0.3) is 0 Å². The summed E-state index contributed by atoms with van der Waals surface area (Å²) in [5, 5.41) is 0. The molecule has 30 heavy (non-hydrogen) atoms. The van der Waals surface area contributed by atoms with E-state index in [9.17, 15) is 0 Å². The molecule has 0 aromatic carbocycles. The summed E-state index contributed by atoms with van der Waals surface area (Å²) in [5.74, 6) is 3.95. The molecule has 0 aliphatic heterocycles. The molecule has 170 valence electrons. The highest BCUT2D eigenvalue weighted by molar-refractivity contribution is 5.28. The third-order valence-corrected chi connectivity index (χ3v) is 9.25. The molecule has 0 radical (unpaired) electrons. The van der Waals surface area contributed by atoms with Crippen molar-refractivity contribution in [2.45, 2.75) is 113 Å². The molecule has 6 unspecified atom stereocenters. The van der Waals surface area contributed by atoms with Crippen LogP contribution in [-0.4, -0.2) is 0 Å². The molecule has 6 atom stereocenters. The molecule has 0 aromatic rings. The average molecular weight is 411 g/mol. The van der Waals surface area contributed by atoms with Crippen LogP contribution in [-0.2, 0) is 0 Å². The van der Waals surface area contributed by atoms with Crippen LogP contribution >= 0.6 is 0 Å². The van der Waals surface area contributed by atoms with Gasteiger partial charge in [0.25, 0.3) is 0 Å². The van der Waals surface area contributed by atoms with Crippen molar-refractivity contribution in [2.75, 3.05) is 0 Å². The number of hydrogen-bond donors (Lipinski definition) is 0. The number of allylic oxidation sites excluding steroid dienone is 5. The van der Waals surface area contributed by atoms with E-state index in [0.29, 0.717) is 22.7 Å². The summed E-state index contributed by atoms with van der Waals surface area (Å²) in [6, 6.07) is 0. The highest BCUT2D eigenvalue weighted by atomic mass is 14.5. The summed E-state index contributed by atoms with van der Waals surface area (Å²) in [6.07, 6.45) is 18.8. The first-order valence-electron chi connectivity index (χ1n) is 13.1. The van der Waals surface area contributed by atoms with E-state index >= 15 is 0 Å². The van der Waals surface area contributed by atoms with Gasteiger partial charge in [-0.2, -0.15) is 0 Å². The fourth-order valence-corrected chi connectivity index (χ4v) is 7.35. The zero-order valence-electron chi connectivity index (χ0n) is 21.3. The molecule has 0 heteroatoms. The monoisotopic (exact) mass is 410 g/mol. The minimum Gasteiger partial charge on any atom is -0.0993 e. The second-order valence-corrected chi connectivity index (χ2v) is 12.9. The molecule has 3 saturated carbocycles. The van der Waals surface area contributed by atoms with Crippen LogP contribution in [0.5, 0.6) is 0 Å². The zero-order valence-corrected chi connectivity index (χ0v) is 21.3. The van der Waals surface area contributed by atoms with Crippen LogP contribution < -0.4 is 0 Å². The highest BCUT2D eigenvalue weighted by Crippen LogP contribution is 2.60. The maximum Gasteiger partial charge on any atom is -0.0143 e. The first-order chi connectivity index (χ1) is 14.0. The maximum absolute atomic E-state index is 4.33. The van der Waals surface area contributed by atoms with E-state index in [1.807, 2.05) is 0 Å². The van der Waals surface area contributed by atoms with Gasteiger partial charge in [0.15, 0.2) is 0 Å². The van der Waals surface area contributed by atoms with Gasteiger partial charge >= 0.3 is 0 Å². The molecular formula is C30H50. The van der Waals surface area contributed by atoms with Crippen LogP contribution in [0, 0.1) is 40.4 Å². The quantitative estimate of drug-likeness (QED) is 0.396. The van der Waals surface area contributed by atoms with Gasteiger partial charge in [-0.1, -0.05) is 96.8 Å². The Bertz CT molecular complexity index is 653. The number of fused-ring (bicyclic) bond motifs is 1. The summed E-state index contributed by atoms with van der Waals surface area (Å²) < 4.78 is 0. The number of hydrogen-bond acceptors (Lipinski definition) is 0. The molecular weight excluding hydrogens is 360 g/mol. The maximum atomic E-state index is 4.33. The van der Waals surface area contributed by atoms with E-state index in [1.165, 1.54) is 69.8 Å². The Morgan fingerprint density at radius 1 is 1.10 bits per heavy atom. The zero-order chi connectivity index (χ0) is 22.1. The fraction of sp³-hybridized carbons (Fsp3) is 0.800.